The summed E-state index contributed by atoms with van der Waals surface area (Å²) in [5.41, 5.74) is 0. The molecular formula is C14H31NaO15. The van der Waals surface area contributed by atoms with Crippen molar-refractivity contribution in [2.45, 2.75) is 61.7 Å². The first kappa shape index (κ1) is 34.6. The molecule has 0 amide bonds. The van der Waals surface area contributed by atoms with Crippen LogP contribution >= 0.6 is 0 Å². The van der Waals surface area contributed by atoms with E-state index >= 15 is 0 Å². The number of aliphatic hydroxyl groups is 7. The summed E-state index contributed by atoms with van der Waals surface area (Å²) >= 11 is 0. The Balaban J connectivity index is -0.00000182. The first-order valence-electron chi connectivity index (χ1n) is 7.93. The molecule has 0 spiro atoms. The predicted octanol–water partition coefficient (Wildman–Crippen LogP) is -7.95. The number of rotatable bonds is 6. The summed E-state index contributed by atoms with van der Waals surface area (Å²) in [6, 6.07) is 0. The van der Waals surface area contributed by atoms with Gasteiger partial charge in [-0.05, 0) is 0 Å². The van der Waals surface area contributed by atoms with Crippen molar-refractivity contribution >= 4 is 35.5 Å². The fourth-order valence-electron chi connectivity index (χ4n) is 2.82. The van der Waals surface area contributed by atoms with Crippen molar-refractivity contribution < 1.29 is 75.9 Å². The van der Waals surface area contributed by atoms with E-state index in [-0.39, 0.29) is 46.0 Å². The number of carbonyl (C=O) groups is 1. The van der Waals surface area contributed by atoms with Gasteiger partial charge in [-0.3, -0.25) is 4.79 Å². The van der Waals surface area contributed by atoms with Gasteiger partial charge >= 0.3 is 35.5 Å². The molecule has 0 unspecified atom stereocenters. The zero-order valence-electron chi connectivity index (χ0n) is 15.4. The van der Waals surface area contributed by atoms with Crippen LogP contribution in [0.1, 0.15) is 6.92 Å². The first-order chi connectivity index (χ1) is 12.2. The fourth-order valence-corrected chi connectivity index (χ4v) is 2.82. The Labute approximate surface area is 193 Å². The van der Waals surface area contributed by atoms with Crippen molar-refractivity contribution in [1.82, 2.24) is 0 Å². The average molecular weight is 462 g/mol. The molecule has 2 heterocycles. The van der Waals surface area contributed by atoms with Crippen molar-refractivity contribution in [2.75, 3.05) is 19.8 Å². The Kier molecular flexibility index (Phi) is 16.3. The summed E-state index contributed by atoms with van der Waals surface area (Å²) in [5, 5.41) is 68.6. The maximum absolute atomic E-state index is 10.9. The van der Waals surface area contributed by atoms with Gasteiger partial charge in [0.2, 0.25) is 5.79 Å². The maximum atomic E-state index is 10.9. The molecule has 2 fully saturated rings. The summed E-state index contributed by atoms with van der Waals surface area (Å²) in [6.07, 6.45) is -12.9. The van der Waals surface area contributed by atoms with Crippen LogP contribution in [-0.2, 0) is 23.7 Å². The molecule has 0 saturated carbocycles. The van der Waals surface area contributed by atoms with Gasteiger partial charge in [0.1, 0.15) is 55.9 Å². The van der Waals surface area contributed by atoms with Gasteiger partial charge in [0.15, 0.2) is 6.29 Å². The van der Waals surface area contributed by atoms with Gasteiger partial charge in [-0.2, -0.15) is 0 Å². The molecule has 0 aliphatic carbocycles. The number of carbonyl (C=O) groups excluding carboxylic acids is 1. The second-order valence-electron chi connectivity index (χ2n) is 6.18. The molecule has 0 aromatic rings. The van der Waals surface area contributed by atoms with E-state index in [0.29, 0.717) is 0 Å². The third kappa shape index (κ3) is 6.97. The molecule has 9 atom stereocenters. The van der Waals surface area contributed by atoms with Gasteiger partial charge in [0.05, 0.1) is 6.61 Å². The minimum absolute atomic E-state index is 0. The van der Waals surface area contributed by atoms with E-state index in [2.05, 4.69) is 0 Å². The molecule has 2 aliphatic rings. The zero-order valence-corrected chi connectivity index (χ0v) is 15.4. The van der Waals surface area contributed by atoms with Crippen LogP contribution < -0.4 is 0 Å². The number of hydrogen-bond acceptors (Lipinski definition) is 12. The van der Waals surface area contributed by atoms with Gasteiger partial charge in [0, 0.05) is 6.92 Å². The van der Waals surface area contributed by atoms with E-state index in [9.17, 15) is 35.4 Å². The molecule has 178 valence electrons. The van der Waals surface area contributed by atoms with Crippen LogP contribution in [-0.4, -0.2) is 162 Å². The van der Waals surface area contributed by atoms with Crippen LogP contribution in [0.4, 0.5) is 0 Å². The van der Waals surface area contributed by atoms with Gasteiger partial charge in [-0.15, -0.1) is 0 Å². The molecular weight excluding hydrogens is 431 g/mol. The van der Waals surface area contributed by atoms with Crippen molar-refractivity contribution in [3.63, 3.8) is 0 Å². The van der Waals surface area contributed by atoms with Crippen molar-refractivity contribution in [1.29, 1.82) is 0 Å². The normalized spacial score (nSPS) is 40.1. The quantitative estimate of drug-likeness (QED) is 0.143. The topological polar surface area (TPSA) is 290 Å². The van der Waals surface area contributed by atoms with Crippen molar-refractivity contribution in [2.24, 2.45) is 0 Å². The summed E-state index contributed by atoms with van der Waals surface area (Å²) in [7, 11) is 0. The summed E-state index contributed by atoms with van der Waals surface area (Å²) < 4.78 is 20.4. The van der Waals surface area contributed by atoms with E-state index in [1.165, 1.54) is 0 Å². The third-order valence-electron chi connectivity index (χ3n) is 4.34. The van der Waals surface area contributed by atoms with Gasteiger partial charge in [-0.25, -0.2) is 0 Å². The summed E-state index contributed by atoms with van der Waals surface area (Å²) in [5.74, 6) is -2.93. The van der Waals surface area contributed by atoms with E-state index in [1.54, 1.807) is 0 Å². The molecule has 13 N–H and O–H groups in total. The molecule has 15 nitrogen and oxygen atoms in total. The van der Waals surface area contributed by atoms with Crippen LogP contribution in [0.2, 0.25) is 0 Å². The van der Waals surface area contributed by atoms with Crippen LogP contribution in [0.25, 0.3) is 0 Å². The standard InChI is InChI=1S/C14H24O12.Na.3H2O.H/c1-5(17)23-3-7-8(18)10(20)11(21)13(24-7)26-14(4-16)12(22)9(19)6(2-15)25-14;;;;;/h6-13,15-16,18-22H,2-4H2,1H3;;3*1H2;/t6-,7-,8-,9-,10+,11-,12+,13-,14+;;;;;/m1...../s1. The Morgan fingerprint density at radius 2 is 1.50 bits per heavy atom. The molecule has 0 aromatic heterocycles. The Bertz CT molecular complexity index is 498. The van der Waals surface area contributed by atoms with Crippen molar-refractivity contribution in [3.8, 4) is 0 Å². The van der Waals surface area contributed by atoms with Gasteiger partial charge < -0.3 is 71.1 Å². The molecule has 2 aliphatic heterocycles. The van der Waals surface area contributed by atoms with E-state index in [4.69, 9.17) is 24.1 Å². The fraction of sp³-hybridized carbons (Fsp3) is 0.929. The van der Waals surface area contributed by atoms with E-state index in [1.807, 2.05) is 0 Å². The number of esters is 1. The second-order valence-corrected chi connectivity index (χ2v) is 6.18. The number of aliphatic hydroxyl groups excluding tert-OH is 7. The summed E-state index contributed by atoms with van der Waals surface area (Å²) in [6.45, 7) is -1.01. The predicted molar refractivity (Wildman–Crippen MR) is 96.2 cm³/mol. The average Bonchev–Trinajstić information content (AvgIpc) is 2.86. The summed E-state index contributed by atoms with van der Waals surface area (Å²) in [4.78, 5) is 10.9. The molecule has 2 rings (SSSR count). The van der Waals surface area contributed by atoms with Crippen molar-refractivity contribution in [3.05, 3.63) is 0 Å². The molecule has 16 heteroatoms. The Hall–Kier alpha value is -0.0500. The minimum atomic E-state index is -2.26. The second kappa shape index (κ2) is 14.2. The SMILES string of the molecule is CC(=O)OC[C@H]1O[C@H](O[C@]2(CO)O[C@H](CO)[C@@H](O)[C@@H]2O)[C@H](O)[C@@H](O)[C@@H]1O.O.O.O.[NaH]. The van der Waals surface area contributed by atoms with Gasteiger partial charge in [-0.1, -0.05) is 0 Å². The molecule has 0 aromatic carbocycles. The Morgan fingerprint density at radius 3 is 1.93 bits per heavy atom. The van der Waals surface area contributed by atoms with Gasteiger partial charge in [0.25, 0.3) is 0 Å². The van der Waals surface area contributed by atoms with Crippen LogP contribution in [0.5, 0.6) is 0 Å². The van der Waals surface area contributed by atoms with Crippen LogP contribution in [0.15, 0.2) is 0 Å². The third-order valence-corrected chi connectivity index (χ3v) is 4.34. The Morgan fingerprint density at radius 1 is 0.933 bits per heavy atom. The molecule has 0 radical (unpaired) electrons. The molecule has 2 saturated heterocycles. The molecule has 30 heavy (non-hydrogen) atoms. The number of hydrogen-bond donors (Lipinski definition) is 7. The first-order valence-corrected chi connectivity index (χ1v) is 7.93. The van der Waals surface area contributed by atoms with Crippen LogP contribution in [0.3, 0.4) is 0 Å². The molecule has 0 bridgehead atoms. The van der Waals surface area contributed by atoms with E-state index < -0.39 is 80.6 Å². The zero-order chi connectivity index (χ0) is 19.6. The van der Waals surface area contributed by atoms with Crippen LogP contribution in [0, 0.1) is 0 Å². The van der Waals surface area contributed by atoms with E-state index in [0.717, 1.165) is 6.92 Å². The number of ether oxygens (including phenoxy) is 4. The monoisotopic (exact) mass is 462 g/mol.